The molecule has 4 aliphatic carbocycles. The van der Waals surface area contributed by atoms with Crippen molar-refractivity contribution in [2.75, 3.05) is 13.1 Å². The highest BCUT2D eigenvalue weighted by Gasteiger charge is 2.56. The number of hydrogen-bond donors (Lipinski definition) is 0. The van der Waals surface area contributed by atoms with E-state index in [0.29, 0.717) is 29.3 Å². The number of fused-ring (bicyclic) bond motifs is 1. The van der Waals surface area contributed by atoms with Crippen molar-refractivity contribution in [3.63, 3.8) is 0 Å². The van der Waals surface area contributed by atoms with Crippen LogP contribution in [-0.4, -0.2) is 40.7 Å². The molecule has 1 aliphatic heterocycles. The van der Waals surface area contributed by atoms with Gasteiger partial charge in [0.1, 0.15) is 6.54 Å². The Hall–Kier alpha value is -1.85. The highest BCUT2D eigenvalue weighted by Crippen LogP contribution is 2.60. The predicted octanol–water partition coefficient (Wildman–Crippen LogP) is 6.33. The Morgan fingerprint density at radius 3 is 2.29 bits per heavy atom. The molecule has 1 aromatic heterocycles. The van der Waals surface area contributed by atoms with Gasteiger partial charge in [-0.3, -0.25) is 9.59 Å². The maximum atomic E-state index is 14.1. The fourth-order valence-electron chi connectivity index (χ4n) is 7.99. The first-order valence-electron chi connectivity index (χ1n) is 13.3. The van der Waals surface area contributed by atoms with E-state index >= 15 is 0 Å². The number of amides is 2. The van der Waals surface area contributed by atoms with E-state index in [4.69, 9.17) is 11.6 Å². The Balaban J connectivity index is 1.27. The topological polar surface area (TPSA) is 40.6 Å². The summed E-state index contributed by atoms with van der Waals surface area (Å²) in [6.07, 6.45) is 7.90. The summed E-state index contributed by atoms with van der Waals surface area (Å²) in [5.41, 5.74) is 2.06. The van der Waals surface area contributed by atoms with Gasteiger partial charge in [-0.2, -0.15) is 0 Å². The zero-order chi connectivity index (χ0) is 24.3. The maximum absolute atomic E-state index is 14.1. The zero-order valence-electron chi connectivity index (χ0n) is 20.7. The largest absolute Gasteiger partial charge is 0.330 e. The summed E-state index contributed by atoms with van der Waals surface area (Å²) in [7, 11) is 0. The molecule has 2 amide bonds. The monoisotopic (exact) mass is 510 g/mol. The lowest BCUT2D eigenvalue weighted by molar-refractivity contribution is -0.162. The summed E-state index contributed by atoms with van der Waals surface area (Å²) in [5.74, 6) is 2.43. The van der Waals surface area contributed by atoms with E-state index in [1.807, 2.05) is 34.1 Å². The molecular weight excluding hydrogens is 476 g/mol. The van der Waals surface area contributed by atoms with E-state index in [2.05, 4.69) is 25.3 Å². The molecule has 0 spiro atoms. The van der Waals surface area contributed by atoms with E-state index < -0.39 is 0 Å². The number of carbonyl (C=O) groups is 2. The summed E-state index contributed by atoms with van der Waals surface area (Å²) < 4.78 is 0. The standard InChI is InChI=1S/C29H35ClN2O2S/c1-18(2)32(28(34)29-14-19-11-20(15-29)13-21(12-19)16-29)17-26(33)31-9-7-25-24(8-10-35-25)27(31)22-3-5-23(30)6-4-22/h3-6,8,10,18-21,27H,7,9,11-17H2,1-2H3. The lowest BCUT2D eigenvalue weighted by Gasteiger charge is -2.57. The van der Waals surface area contributed by atoms with Crippen molar-refractivity contribution in [2.24, 2.45) is 23.2 Å². The molecule has 7 rings (SSSR count). The maximum Gasteiger partial charge on any atom is 0.243 e. The van der Waals surface area contributed by atoms with Gasteiger partial charge in [0, 0.05) is 22.5 Å². The second-order valence-electron chi connectivity index (χ2n) is 11.8. The number of benzene rings is 1. The molecule has 2 heterocycles. The average molecular weight is 511 g/mol. The number of nitrogens with zero attached hydrogens (tertiary/aromatic N) is 2. The third-order valence-electron chi connectivity index (χ3n) is 9.15. The summed E-state index contributed by atoms with van der Waals surface area (Å²) in [6.45, 7) is 4.98. The van der Waals surface area contributed by atoms with Crippen LogP contribution in [0.15, 0.2) is 35.7 Å². The summed E-state index contributed by atoms with van der Waals surface area (Å²) in [5, 5.41) is 2.82. The fourth-order valence-corrected chi connectivity index (χ4v) is 9.02. The van der Waals surface area contributed by atoms with Gasteiger partial charge in [0.2, 0.25) is 11.8 Å². The quantitative estimate of drug-likeness (QED) is 0.471. The molecule has 4 saturated carbocycles. The van der Waals surface area contributed by atoms with Gasteiger partial charge in [-0.15, -0.1) is 11.3 Å². The number of rotatable bonds is 5. The smallest absolute Gasteiger partial charge is 0.243 e. The highest BCUT2D eigenvalue weighted by molar-refractivity contribution is 7.10. The summed E-state index contributed by atoms with van der Waals surface area (Å²) in [6, 6.07) is 9.89. The fraction of sp³-hybridized carbons (Fsp3) is 0.586. The molecule has 1 aromatic carbocycles. The number of hydrogen-bond acceptors (Lipinski definition) is 3. The Morgan fingerprint density at radius 2 is 1.69 bits per heavy atom. The minimum Gasteiger partial charge on any atom is -0.330 e. The van der Waals surface area contributed by atoms with Gasteiger partial charge in [0.15, 0.2) is 0 Å². The van der Waals surface area contributed by atoms with E-state index in [-0.39, 0.29) is 35.9 Å². The zero-order valence-corrected chi connectivity index (χ0v) is 22.3. The molecule has 6 heteroatoms. The SMILES string of the molecule is CC(C)N(CC(=O)N1CCc2sccc2C1c1ccc(Cl)cc1)C(=O)C12CC3CC(CC(C3)C1)C2. The van der Waals surface area contributed by atoms with Crippen molar-refractivity contribution in [3.8, 4) is 0 Å². The first-order chi connectivity index (χ1) is 16.8. The number of thiophene rings is 1. The van der Waals surface area contributed by atoms with Crippen LogP contribution in [0.3, 0.4) is 0 Å². The molecule has 0 radical (unpaired) electrons. The van der Waals surface area contributed by atoms with Crippen LogP contribution in [0.25, 0.3) is 0 Å². The van der Waals surface area contributed by atoms with Gasteiger partial charge in [0.05, 0.1) is 11.5 Å². The third kappa shape index (κ3) is 4.13. The molecule has 2 aromatic rings. The van der Waals surface area contributed by atoms with Gasteiger partial charge in [-0.1, -0.05) is 23.7 Å². The number of halogens is 1. The third-order valence-corrected chi connectivity index (χ3v) is 10.4. The van der Waals surface area contributed by atoms with Crippen LogP contribution in [0.4, 0.5) is 0 Å². The molecule has 4 fully saturated rings. The molecule has 35 heavy (non-hydrogen) atoms. The predicted molar refractivity (Wildman–Crippen MR) is 140 cm³/mol. The van der Waals surface area contributed by atoms with Gasteiger partial charge in [0.25, 0.3) is 0 Å². The molecule has 0 N–H and O–H groups in total. The van der Waals surface area contributed by atoms with E-state index in [1.54, 1.807) is 11.3 Å². The van der Waals surface area contributed by atoms with Crippen LogP contribution in [0.5, 0.6) is 0 Å². The Kier molecular flexibility index (Phi) is 6.00. The Labute approximate surface area is 217 Å². The average Bonchev–Trinajstić information content (AvgIpc) is 3.30. The molecule has 5 aliphatic rings. The molecule has 4 bridgehead atoms. The Bertz CT molecular complexity index is 1090. The van der Waals surface area contributed by atoms with Crippen LogP contribution in [0.2, 0.25) is 5.02 Å². The first kappa shape index (κ1) is 23.5. The molecule has 1 atom stereocenters. The van der Waals surface area contributed by atoms with Crippen LogP contribution >= 0.6 is 22.9 Å². The lowest BCUT2D eigenvalue weighted by Crippen LogP contribution is -2.57. The molecule has 186 valence electrons. The van der Waals surface area contributed by atoms with E-state index in [9.17, 15) is 9.59 Å². The molecular formula is C29H35ClN2O2S. The minimum absolute atomic E-state index is 0.00920. The van der Waals surface area contributed by atoms with E-state index in [1.165, 1.54) is 29.7 Å². The van der Waals surface area contributed by atoms with Crippen molar-refractivity contribution >= 4 is 34.8 Å². The van der Waals surface area contributed by atoms with Gasteiger partial charge >= 0.3 is 0 Å². The first-order valence-corrected chi connectivity index (χ1v) is 14.5. The summed E-state index contributed by atoms with van der Waals surface area (Å²) >= 11 is 7.94. The van der Waals surface area contributed by atoms with Crippen molar-refractivity contribution in [1.82, 2.24) is 9.80 Å². The van der Waals surface area contributed by atoms with Crippen LogP contribution in [0, 0.1) is 23.2 Å². The van der Waals surface area contributed by atoms with Crippen LogP contribution in [-0.2, 0) is 16.0 Å². The minimum atomic E-state index is -0.225. The van der Waals surface area contributed by atoms with E-state index in [0.717, 1.165) is 31.2 Å². The molecule has 0 saturated heterocycles. The summed E-state index contributed by atoms with van der Waals surface area (Å²) in [4.78, 5) is 33.3. The second-order valence-corrected chi connectivity index (χ2v) is 13.3. The molecule has 4 nitrogen and oxygen atoms in total. The second kappa shape index (κ2) is 8.92. The van der Waals surface area contributed by atoms with Crippen molar-refractivity contribution in [3.05, 3.63) is 56.7 Å². The van der Waals surface area contributed by atoms with Crippen molar-refractivity contribution < 1.29 is 9.59 Å². The van der Waals surface area contributed by atoms with Crippen molar-refractivity contribution in [2.45, 2.75) is 70.9 Å². The number of carbonyl (C=O) groups excluding carboxylic acids is 2. The van der Waals surface area contributed by atoms with Crippen LogP contribution < -0.4 is 0 Å². The highest BCUT2D eigenvalue weighted by atomic mass is 35.5. The van der Waals surface area contributed by atoms with Crippen molar-refractivity contribution in [1.29, 1.82) is 0 Å². The lowest BCUT2D eigenvalue weighted by atomic mass is 9.49. The van der Waals surface area contributed by atoms with Gasteiger partial charge < -0.3 is 9.80 Å². The Morgan fingerprint density at radius 1 is 1.06 bits per heavy atom. The van der Waals surface area contributed by atoms with Crippen LogP contribution in [0.1, 0.15) is 74.4 Å². The molecule has 1 unspecified atom stereocenters. The normalized spacial score (nSPS) is 31.0. The van der Waals surface area contributed by atoms with Gasteiger partial charge in [-0.05, 0) is 111 Å². The van der Waals surface area contributed by atoms with Gasteiger partial charge in [-0.25, -0.2) is 0 Å².